The van der Waals surface area contributed by atoms with Gasteiger partial charge in [0.1, 0.15) is 0 Å². The van der Waals surface area contributed by atoms with E-state index in [0.29, 0.717) is 0 Å². The van der Waals surface area contributed by atoms with E-state index in [0.717, 1.165) is 25.7 Å². The largest absolute Gasteiger partial charge is 0.0683 e. The molecule has 0 radical (unpaired) electrons. The zero-order chi connectivity index (χ0) is 30.2. The third-order valence-electron chi connectivity index (χ3n) is 7.32. The van der Waals surface area contributed by atoms with Gasteiger partial charge in [0.2, 0.25) is 0 Å². The summed E-state index contributed by atoms with van der Waals surface area (Å²) < 4.78 is 0. The molecule has 4 aromatic carbocycles. The standard InChI is InChI=1S/C17H16.C16H12.4C2H6/c1-13-11-15-9-5-6-10-16(15)17(13)12-14-7-3-2-4-8-14;1-3-7-13-11(5-1)9-15-14-8-4-2-6-12(14)10-16(13)15;4*1-2/h2-10H,11-12H2,1H3;1-8H,9-10H2;4*1-2H3. The lowest BCUT2D eigenvalue weighted by Gasteiger charge is -2.06. The van der Waals surface area contributed by atoms with E-state index in [1.807, 2.05) is 55.4 Å². The van der Waals surface area contributed by atoms with E-state index in [-0.39, 0.29) is 0 Å². The van der Waals surface area contributed by atoms with Gasteiger partial charge in [0.05, 0.1) is 0 Å². The molecule has 3 aliphatic rings. The SMILES string of the molecule is CC.CC.CC.CC.CC1=C(Cc2ccccc2)c2ccccc2C1.c1ccc2c(c1)CC1=C2Cc2ccccc21. The molecule has 0 heterocycles. The quantitative estimate of drug-likeness (QED) is 0.235. The molecular formula is C41H52. The summed E-state index contributed by atoms with van der Waals surface area (Å²) in [6.07, 6.45) is 4.44. The molecule has 0 spiro atoms. The topological polar surface area (TPSA) is 0 Å². The lowest BCUT2D eigenvalue weighted by molar-refractivity contribution is 1.18. The first kappa shape index (κ1) is 33.6. The molecule has 0 heteroatoms. The lowest BCUT2D eigenvalue weighted by atomic mass is 9.98. The van der Waals surface area contributed by atoms with Crippen molar-refractivity contribution >= 4 is 16.7 Å². The van der Waals surface area contributed by atoms with Crippen molar-refractivity contribution in [3.8, 4) is 0 Å². The number of allylic oxidation sites excluding steroid dienone is 4. The minimum absolute atomic E-state index is 1.06. The van der Waals surface area contributed by atoms with Crippen LogP contribution < -0.4 is 0 Å². The average molecular weight is 545 g/mol. The Morgan fingerprint density at radius 3 is 1.24 bits per heavy atom. The van der Waals surface area contributed by atoms with Crippen molar-refractivity contribution in [2.24, 2.45) is 0 Å². The summed E-state index contributed by atoms with van der Waals surface area (Å²) in [6, 6.07) is 37.2. The molecule has 0 nitrogen and oxygen atoms in total. The summed E-state index contributed by atoms with van der Waals surface area (Å²) >= 11 is 0. The van der Waals surface area contributed by atoms with Gasteiger partial charge in [0.15, 0.2) is 0 Å². The van der Waals surface area contributed by atoms with Crippen LogP contribution in [0, 0.1) is 0 Å². The van der Waals surface area contributed by atoms with E-state index in [4.69, 9.17) is 0 Å². The van der Waals surface area contributed by atoms with Crippen molar-refractivity contribution in [1.29, 1.82) is 0 Å². The van der Waals surface area contributed by atoms with E-state index in [1.165, 1.54) is 50.1 Å². The molecule has 0 saturated carbocycles. The molecule has 7 rings (SSSR count). The molecule has 0 unspecified atom stereocenters. The van der Waals surface area contributed by atoms with Crippen molar-refractivity contribution < 1.29 is 0 Å². The fraction of sp³-hybridized carbons (Fsp3) is 0.317. The number of hydrogen-bond acceptors (Lipinski definition) is 0. The van der Waals surface area contributed by atoms with Crippen LogP contribution in [-0.2, 0) is 25.7 Å². The Bertz CT molecular complexity index is 1340. The van der Waals surface area contributed by atoms with E-state index in [1.54, 1.807) is 11.1 Å². The smallest absolute Gasteiger partial charge is 0.00106 e. The minimum atomic E-state index is 1.06. The van der Waals surface area contributed by atoms with Gasteiger partial charge in [0.25, 0.3) is 0 Å². The third-order valence-corrected chi connectivity index (χ3v) is 7.32. The van der Waals surface area contributed by atoms with Crippen LogP contribution in [-0.4, -0.2) is 0 Å². The normalized spacial score (nSPS) is 12.6. The highest BCUT2D eigenvalue weighted by atomic mass is 14.3. The summed E-state index contributed by atoms with van der Waals surface area (Å²) in [7, 11) is 0. The van der Waals surface area contributed by atoms with Gasteiger partial charge in [0, 0.05) is 0 Å². The fourth-order valence-electron chi connectivity index (χ4n) is 5.68. The van der Waals surface area contributed by atoms with E-state index < -0.39 is 0 Å². The summed E-state index contributed by atoms with van der Waals surface area (Å²) in [5.41, 5.74) is 16.5. The van der Waals surface area contributed by atoms with Gasteiger partial charge in [-0.25, -0.2) is 0 Å². The van der Waals surface area contributed by atoms with Gasteiger partial charge >= 0.3 is 0 Å². The average Bonchev–Trinajstić information content (AvgIpc) is 3.71. The molecule has 0 amide bonds. The first-order valence-corrected chi connectivity index (χ1v) is 16.0. The van der Waals surface area contributed by atoms with Crippen molar-refractivity contribution in [1.82, 2.24) is 0 Å². The van der Waals surface area contributed by atoms with Gasteiger partial charge in [-0.05, 0) is 88.3 Å². The van der Waals surface area contributed by atoms with Gasteiger partial charge < -0.3 is 0 Å². The highest BCUT2D eigenvalue weighted by Crippen LogP contribution is 2.46. The predicted octanol–water partition coefficient (Wildman–Crippen LogP) is 12.1. The Balaban J connectivity index is 0.000000232. The summed E-state index contributed by atoms with van der Waals surface area (Å²) in [5.74, 6) is 0. The molecule has 4 aromatic rings. The summed E-state index contributed by atoms with van der Waals surface area (Å²) in [6.45, 7) is 18.3. The molecule has 0 aliphatic heterocycles. The van der Waals surface area contributed by atoms with Gasteiger partial charge in [-0.15, -0.1) is 0 Å². The maximum Gasteiger partial charge on any atom is -0.00106 e. The molecular weight excluding hydrogens is 492 g/mol. The maximum atomic E-state index is 2.27. The number of benzene rings is 4. The van der Waals surface area contributed by atoms with E-state index >= 15 is 0 Å². The van der Waals surface area contributed by atoms with Crippen LogP contribution in [0.25, 0.3) is 16.7 Å². The monoisotopic (exact) mass is 544 g/mol. The Kier molecular flexibility index (Phi) is 14.7. The molecule has 0 bridgehead atoms. The van der Waals surface area contributed by atoms with E-state index in [9.17, 15) is 0 Å². The van der Waals surface area contributed by atoms with Crippen LogP contribution in [0.5, 0.6) is 0 Å². The third kappa shape index (κ3) is 7.98. The maximum absolute atomic E-state index is 2.27. The van der Waals surface area contributed by atoms with E-state index in [2.05, 4.69) is 110 Å². The van der Waals surface area contributed by atoms with Gasteiger partial charge in [-0.1, -0.05) is 164 Å². The molecule has 0 atom stereocenters. The predicted molar refractivity (Wildman–Crippen MR) is 185 cm³/mol. The van der Waals surface area contributed by atoms with Crippen LogP contribution in [0.15, 0.2) is 109 Å². The summed E-state index contributed by atoms with van der Waals surface area (Å²) in [5, 5.41) is 0. The van der Waals surface area contributed by atoms with Gasteiger partial charge in [-0.3, -0.25) is 0 Å². The molecule has 3 aliphatic carbocycles. The van der Waals surface area contributed by atoms with Crippen molar-refractivity contribution in [3.05, 3.63) is 148 Å². The Morgan fingerprint density at radius 2 is 0.780 bits per heavy atom. The molecule has 0 aromatic heterocycles. The number of rotatable bonds is 2. The first-order chi connectivity index (χ1) is 20.3. The second kappa shape index (κ2) is 17.9. The van der Waals surface area contributed by atoms with Crippen LogP contribution in [0.1, 0.15) is 101 Å². The lowest BCUT2D eigenvalue weighted by Crippen LogP contribution is -1.90. The Morgan fingerprint density at radius 1 is 0.415 bits per heavy atom. The van der Waals surface area contributed by atoms with Crippen LogP contribution >= 0.6 is 0 Å². The van der Waals surface area contributed by atoms with Crippen molar-refractivity contribution in [3.63, 3.8) is 0 Å². The first-order valence-electron chi connectivity index (χ1n) is 16.0. The second-order valence-electron chi connectivity index (χ2n) is 9.38. The van der Waals surface area contributed by atoms with Gasteiger partial charge in [-0.2, -0.15) is 0 Å². The molecule has 41 heavy (non-hydrogen) atoms. The highest BCUT2D eigenvalue weighted by molar-refractivity contribution is 6.02. The zero-order valence-electron chi connectivity index (χ0n) is 27.1. The van der Waals surface area contributed by atoms with Crippen LogP contribution in [0.2, 0.25) is 0 Å². The number of hydrogen-bond donors (Lipinski definition) is 0. The highest BCUT2D eigenvalue weighted by Gasteiger charge is 2.28. The fourth-order valence-corrected chi connectivity index (χ4v) is 5.68. The number of fused-ring (bicyclic) bond motifs is 5. The Hall–Kier alpha value is -3.64. The van der Waals surface area contributed by atoms with Crippen molar-refractivity contribution in [2.45, 2.75) is 88.0 Å². The second-order valence-corrected chi connectivity index (χ2v) is 9.38. The molecule has 0 saturated heterocycles. The minimum Gasteiger partial charge on any atom is -0.0683 e. The Labute approximate surface area is 251 Å². The molecule has 0 fully saturated rings. The zero-order valence-corrected chi connectivity index (χ0v) is 27.1. The molecule has 216 valence electrons. The van der Waals surface area contributed by atoms with Crippen LogP contribution in [0.4, 0.5) is 0 Å². The van der Waals surface area contributed by atoms with Crippen molar-refractivity contribution in [2.75, 3.05) is 0 Å². The summed E-state index contributed by atoms with van der Waals surface area (Å²) in [4.78, 5) is 0. The molecule has 0 N–H and O–H groups in total. The van der Waals surface area contributed by atoms with Crippen LogP contribution in [0.3, 0.4) is 0 Å².